The summed E-state index contributed by atoms with van der Waals surface area (Å²) in [5, 5.41) is 3.33. The molecule has 1 N–H and O–H groups in total. The third-order valence-corrected chi connectivity index (χ3v) is 4.59. The van der Waals surface area contributed by atoms with Gasteiger partial charge in [0, 0.05) is 13.5 Å². The molecule has 0 radical (unpaired) electrons. The Morgan fingerprint density at radius 1 is 1.35 bits per heavy atom. The minimum Gasteiger partial charge on any atom is -0.339 e. The van der Waals surface area contributed by atoms with E-state index in [0.29, 0.717) is 18.2 Å². The van der Waals surface area contributed by atoms with Gasteiger partial charge in [0.15, 0.2) is 0 Å². The van der Waals surface area contributed by atoms with Gasteiger partial charge in [-0.05, 0) is 49.4 Å². The van der Waals surface area contributed by atoms with Gasteiger partial charge in [-0.2, -0.15) is 0 Å². The van der Waals surface area contributed by atoms with Crippen LogP contribution in [0.1, 0.15) is 36.4 Å². The number of nitrogens with one attached hydrogen (secondary N) is 1. The van der Waals surface area contributed by atoms with Crippen LogP contribution in [0.25, 0.3) is 0 Å². The van der Waals surface area contributed by atoms with E-state index in [1.807, 2.05) is 11.9 Å². The average Bonchev–Trinajstić information content (AvgIpc) is 3.06. The first kappa shape index (κ1) is 15.3. The van der Waals surface area contributed by atoms with Crippen molar-refractivity contribution in [2.75, 3.05) is 20.1 Å². The standard InChI is InChI=1S/C16H22N2O.ClH/c1-18(16(19)10-12-8-9-17-11-12)15-7-6-13-4-2-3-5-14(13)15;/h2-5,12,15,17H,6-11H2,1H3;1H. The smallest absolute Gasteiger partial charge is 0.223 e. The number of amides is 1. The largest absolute Gasteiger partial charge is 0.339 e. The molecule has 2 unspecified atom stereocenters. The maximum Gasteiger partial charge on any atom is 0.223 e. The number of carbonyl (C=O) groups is 1. The molecule has 1 aliphatic carbocycles. The molecule has 1 fully saturated rings. The molecule has 2 aliphatic rings. The van der Waals surface area contributed by atoms with Gasteiger partial charge in [-0.1, -0.05) is 24.3 Å². The van der Waals surface area contributed by atoms with Gasteiger partial charge in [0.1, 0.15) is 0 Å². The van der Waals surface area contributed by atoms with E-state index in [1.54, 1.807) is 0 Å². The fourth-order valence-corrected chi connectivity index (χ4v) is 3.39. The molecule has 0 spiro atoms. The molecule has 1 aliphatic heterocycles. The maximum absolute atomic E-state index is 12.4. The van der Waals surface area contributed by atoms with Crippen molar-refractivity contribution < 1.29 is 4.79 Å². The zero-order valence-electron chi connectivity index (χ0n) is 12.0. The predicted molar refractivity (Wildman–Crippen MR) is 83.1 cm³/mol. The Balaban J connectivity index is 0.00000147. The number of rotatable bonds is 3. The zero-order chi connectivity index (χ0) is 13.2. The van der Waals surface area contributed by atoms with E-state index in [0.717, 1.165) is 32.4 Å². The summed E-state index contributed by atoms with van der Waals surface area (Å²) >= 11 is 0. The number of hydrogen-bond acceptors (Lipinski definition) is 2. The first-order chi connectivity index (χ1) is 9.25. The Kier molecular flexibility index (Phi) is 5.06. The van der Waals surface area contributed by atoms with Crippen molar-refractivity contribution >= 4 is 18.3 Å². The van der Waals surface area contributed by atoms with Crippen molar-refractivity contribution in [1.29, 1.82) is 0 Å². The first-order valence-electron chi connectivity index (χ1n) is 7.30. The molecule has 1 saturated heterocycles. The summed E-state index contributed by atoms with van der Waals surface area (Å²) in [4.78, 5) is 14.4. The highest BCUT2D eigenvalue weighted by atomic mass is 35.5. The third kappa shape index (κ3) is 2.99. The van der Waals surface area contributed by atoms with Gasteiger partial charge in [-0.15, -0.1) is 12.4 Å². The summed E-state index contributed by atoms with van der Waals surface area (Å²) in [6.07, 6.45) is 4.01. The SMILES string of the molecule is CN(C(=O)CC1CCNC1)C1CCc2ccccc21.Cl. The van der Waals surface area contributed by atoms with Gasteiger partial charge < -0.3 is 10.2 Å². The summed E-state index contributed by atoms with van der Waals surface area (Å²) in [5.74, 6) is 0.835. The molecular formula is C16H23ClN2O. The van der Waals surface area contributed by atoms with Crippen LogP contribution >= 0.6 is 12.4 Å². The van der Waals surface area contributed by atoms with Crippen LogP contribution in [-0.4, -0.2) is 30.9 Å². The van der Waals surface area contributed by atoms with Crippen molar-refractivity contribution in [1.82, 2.24) is 10.2 Å². The second kappa shape index (κ2) is 6.59. The highest BCUT2D eigenvalue weighted by Gasteiger charge is 2.29. The topological polar surface area (TPSA) is 32.3 Å². The molecule has 3 nitrogen and oxygen atoms in total. The Labute approximate surface area is 127 Å². The van der Waals surface area contributed by atoms with Crippen LogP contribution in [0.3, 0.4) is 0 Å². The monoisotopic (exact) mass is 294 g/mol. The Morgan fingerprint density at radius 3 is 2.90 bits per heavy atom. The molecule has 110 valence electrons. The Morgan fingerprint density at radius 2 is 2.15 bits per heavy atom. The highest BCUT2D eigenvalue weighted by molar-refractivity contribution is 5.85. The van der Waals surface area contributed by atoms with E-state index in [2.05, 4.69) is 29.6 Å². The van der Waals surface area contributed by atoms with E-state index < -0.39 is 0 Å². The van der Waals surface area contributed by atoms with Crippen LogP contribution < -0.4 is 5.32 Å². The molecule has 3 rings (SSSR count). The van der Waals surface area contributed by atoms with Crippen LogP contribution in [0.4, 0.5) is 0 Å². The van der Waals surface area contributed by atoms with Crippen LogP contribution in [0, 0.1) is 5.92 Å². The lowest BCUT2D eigenvalue weighted by Gasteiger charge is -2.26. The van der Waals surface area contributed by atoms with Gasteiger partial charge in [-0.3, -0.25) is 4.79 Å². The lowest BCUT2D eigenvalue weighted by Crippen LogP contribution is -2.31. The lowest BCUT2D eigenvalue weighted by molar-refractivity contribution is -0.133. The second-order valence-electron chi connectivity index (χ2n) is 5.82. The molecule has 1 aromatic rings. The van der Waals surface area contributed by atoms with Crippen molar-refractivity contribution in [3.8, 4) is 0 Å². The summed E-state index contributed by atoms with van der Waals surface area (Å²) in [7, 11) is 1.97. The number of carbonyl (C=O) groups excluding carboxylic acids is 1. The summed E-state index contributed by atoms with van der Waals surface area (Å²) < 4.78 is 0. The number of halogens is 1. The van der Waals surface area contributed by atoms with E-state index in [1.165, 1.54) is 11.1 Å². The van der Waals surface area contributed by atoms with Crippen molar-refractivity contribution in [2.45, 2.75) is 31.7 Å². The van der Waals surface area contributed by atoms with Crippen molar-refractivity contribution in [3.63, 3.8) is 0 Å². The zero-order valence-corrected chi connectivity index (χ0v) is 12.8. The maximum atomic E-state index is 12.4. The number of benzene rings is 1. The van der Waals surface area contributed by atoms with E-state index in [-0.39, 0.29) is 18.4 Å². The van der Waals surface area contributed by atoms with Crippen molar-refractivity contribution in [3.05, 3.63) is 35.4 Å². The minimum absolute atomic E-state index is 0. The fraction of sp³-hybridized carbons (Fsp3) is 0.562. The number of hydrogen-bond donors (Lipinski definition) is 1. The molecule has 2 atom stereocenters. The molecule has 0 aromatic heterocycles. The van der Waals surface area contributed by atoms with Crippen LogP contribution in [0.2, 0.25) is 0 Å². The molecule has 1 heterocycles. The third-order valence-electron chi connectivity index (χ3n) is 4.59. The molecule has 0 saturated carbocycles. The molecule has 4 heteroatoms. The average molecular weight is 295 g/mol. The van der Waals surface area contributed by atoms with Gasteiger partial charge >= 0.3 is 0 Å². The highest BCUT2D eigenvalue weighted by Crippen LogP contribution is 2.35. The van der Waals surface area contributed by atoms with Crippen molar-refractivity contribution in [2.24, 2.45) is 5.92 Å². The van der Waals surface area contributed by atoms with Crippen LogP contribution in [0.15, 0.2) is 24.3 Å². The number of nitrogens with zero attached hydrogens (tertiary/aromatic N) is 1. The number of fused-ring (bicyclic) bond motifs is 1. The predicted octanol–water partition coefficient (Wildman–Crippen LogP) is 2.55. The number of aryl methyl sites for hydroxylation is 1. The van der Waals surface area contributed by atoms with Crippen LogP contribution in [-0.2, 0) is 11.2 Å². The summed E-state index contributed by atoms with van der Waals surface area (Å²) in [5.41, 5.74) is 2.76. The van der Waals surface area contributed by atoms with Gasteiger partial charge in [0.2, 0.25) is 5.91 Å². The normalized spacial score (nSPS) is 24.1. The van der Waals surface area contributed by atoms with Crippen LogP contribution in [0.5, 0.6) is 0 Å². The Bertz CT molecular complexity index is 471. The second-order valence-corrected chi connectivity index (χ2v) is 5.82. The van der Waals surface area contributed by atoms with E-state index in [9.17, 15) is 4.79 Å². The molecular weight excluding hydrogens is 272 g/mol. The summed E-state index contributed by atoms with van der Waals surface area (Å²) in [6.45, 7) is 2.06. The molecule has 1 amide bonds. The quantitative estimate of drug-likeness (QED) is 0.929. The Hall–Kier alpha value is -1.06. The van der Waals surface area contributed by atoms with E-state index in [4.69, 9.17) is 0 Å². The van der Waals surface area contributed by atoms with Gasteiger partial charge in [-0.25, -0.2) is 0 Å². The molecule has 0 bridgehead atoms. The van der Waals surface area contributed by atoms with Gasteiger partial charge in [0.25, 0.3) is 0 Å². The van der Waals surface area contributed by atoms with E-state index >= 15 is 0 Å². The molecule has 1 aromatic carbocycles. The first-order valence-corrected chi connectivity index (χ1v) is 7.30. The minimum atomic E-state index is 0. The molecule has 20 heavy (non-hydrogen) atoms. The van der Waals surface area contributed by atoms with Gasteiger partial charge in [0.05, 0.1) is 6.04 Å². The fourth-order valence-electron chi connectivity index (χ4n) is 3.39. The lowest BCUT2D eigenvalue weighted by atomic mass is 10.0. The summed E-state index contributed by atoms with van der Waals surface area (Å²) in [6, 6.07) is 8.82.